The predicted molar refractivity (Wildman–Crippen MR) is 150 cm³/mol. The van der Waals surface area contributed by atoms with Crippen LogP contribution >= 0.6 is 33.3 Å². The van der Waals surface area contributed by atoms with Crippen LogP contribution in [0.4, 0.5) is 4.79 Å². The second kappa shape index (κ2) is 17.2. The summed E-state index contributed by atoms with van der Waals surface area (Å²) in [6, 6.07) is 7.82. The number of thioether (sulfide) groups is 1. The first-order valence-electron chi connectivity index (χ1n) is 12.4. The molecular formula is C25H38N2O7S3. The van der Waals surface area contributed by atoms with Gasteiger partial charge in [-0.2, -0.15) is 0 Å². The minimum absolute atomic E-state index is 0.195. The first-order valence-corrected chi connectivity index (χ1v) is 15.7. The number of carboxylic acids is 1. The number of nitrogens with one attached hydrogen (secondary N) is 1. The maximum atomic E-state index is 11.6. The van der Waals surface area contributed by atoms with Crippen molar-refractivity contribution in [1.82, 2.24) is 10.2 Å². The van der Waals surface area contributed by atoms with Crippen LogP contribution in [0.5, 0.6) is 5.75 Å². The number of carbonyl (C=O) groups excluding carboxylic acids is 2. The fourth-order valence-corrected chi connectivity index (χ4v) is 7.48. The lowest BCUT2D eigenvalue weighted by Crippen LogP contribution is -2.30. The molecule has 0 bridgehead atoms. The van der Waals surface area contributed by atoms with Gasteiger partial charge in [0, 0.05) is 17.5 Å². The molecule has 1 aromatic carbocycles. The summed E-state index contributed by atoms with van der Waals surface area (Å²) in [6.07, 6.45) is 4.39. The molecule has 37 heavy (non-hydrogen) atoms. The lowest BCUT2D eigenvalue weighted by Gasteiger charge is -2.17. The number of hydrogen-bond acceptors (Lipinski definition) is 10. The molecule has 2 aliphatic heterocycles. The number of aliphatic hydroxyl groups is 2. The molecule has 12 heteroatoms. The number of hydrogen-bond donors (Lipinski definition) is 4. The second-order valence-electron chi connectivity index (χ2n) is 9.08. The number of carboxylic acid groups (broad SMARTS) is 1. The smallest absolute Gasteiger partial charge is 0.335 e. The van der Waals surface area contributed by atoms with E-state index in [4.69, 9.17) is 20.1 Å². The van der Waals surface area contributed by atoms with Crippen LogP contribution in [0.25, 0.3) is 0 Å². The highest BCUT2D eigenvalue weighted by atomic mass is 33.1. The van der Waals surface area contributed by atoms with Crippen molar-refractivity contribution in [3.05, 3.63) is 29.8 Å². The molecule has 0 aromatic heterocycles. The number of aliphatic carboxylic acids is 1. The Morgan fingerprint density at radius 2 is 1.89 bits per heavy atom. The highest BCUT2D eigenvalue weighted by molar-refractivity contribution is 8.77. The number of unbranched alkanes of at least 4 members (excludes halogenated alkanes) is 2. The minimum Gasteiger partial charge on any atom is -0.492 e. The zero-order valence-corrected chi connectivity index (χ0v) is 23.8. The molecule has 208 valence electrons. The molecule has 2 aliphatic rings. The van der Waals surface area contributed by atoms with E-state index < -0.39 is 18.2 Å². The van der Waals surface area contributed by atoms with Gasteiger partial charge in [0.05, 0.1) is 11.4 Å². The number of amides is 2. The maximum Gasteiger partial charge on any atom is 0.335 e. The number of rotatable bonds is 14. The van der Waals surface area contributed by atoms with Crippen molar-refractivity contribution in [2.45, 2.75) is 68.2 Å². The van der Waals surface area contributed by atoms with Gasteiger partial charge in [0.15, 0.2) is 6.10 Å². The third-order valence-electron chi connectivity index (χ3n) is 5.86. The fourth-order valence-electron chi connectivity index (χ4n) is 3.60. The Balaban J connectivity index is 0.000000521. The van der Waals surface area contributed by atoms with Crippen molar-refractivity contribution in [3.63, 3.8) is 0 Å². The van der Waals surface area contributed by atoms with Crippen LogP contribution in [0.3, 0.4) is 0 Å². The molecule has 2 fully saturated rings. The van der Waals surface area contributed by atoms with Crippen LogP contribution in [0.2, 0.25) is 0 Å². The van der Waals surface area contributed by atoms with E-state index in [1.165, 1.54) is 44.8 Å². The summed E-state index contributed by atoms with van der Waals surface area (Å²) < 4.78 is 5.85. The van der Waals surface area contributed by atoms with E-state index >= 15 is 0 Å². The highest BCUT2D eigenvalue weighted by Gasteiger charge is 2.31. The zero-order chi connectivity index (χ0) is 27.2. The van der Waals surface area contributed by atoms with Crippen molar-refractivity contribution < 1.29 is 34.4 Å². The van der Waals surface area contributed by atoms with E-state index in [0.717, 1.165) is 41.4 Å². The average Bonchev–Trinajstić information content (AvgIpc) is 3.48. The summed E-state index contributed by atoms with van der Waals surface area (Å²) in [5.41, 5.74) is 1.03. The lowest BCUT2D eigenvalue weighted by molar-refractivity contribution is -0.151. The molecule has 0 aliphatic carbocycles. The van der Waals surface area contributed by atoms with Gasteiger partial charge in [-0.25, -0.2) is 4.79 Å². The molecule has 2 amide bonds. The van der Waals surface area contributed by atoms with E-state index in [1.807, 2.05) is 35.1 Å². The number of imide groups is 1. The van der Waals surface area contributed by atoms with Crippen LogP contribution in [0.15, 0.2) is 24.3 Å². The van der Waals surface area contributed by atoms with Crippen LogP contribution in [-0.2, 0) is 16.0 Å². The third-order valence-corrected chi connectivity index (χ3v) is 9.84. The van der Waals surface area contributed by atoms with Crippen molar-refractivity contribution >= 4 is 50.5 Å². The molecule has 4 atom stereocenters. The summed E-state index contributed by atoms with van der Waals surface area (Å²) in [5, 5.41) is 27.3. The standard InChI is InChI=1S/C21H30N2O3S3.C4H8O4/c1-23(11-4-2-3-5-18-10-14-27-29-18)12-13-26-17-8-6-16(7-9-17)15-19-20(24)22-21(25)28-19;1-2(5)3(6)4(7)8/h6-9,18-19H,2-5,10-15H2,1H3,(H,22,24,25);2-3,5-6H,1H3,(H,7,8). The van der Waals surface area contributed by atoms with Gasteiger partial charge in [0.2, 0.25) is 5.91 Å². The van der Waals surface area contributed by atoms with E-state index in [2.05, 4.69) is 28.1 Å². The van der Waals surface area contributed by atoms with Crippen molar-refractivity contribution in [2.24, 2.45) is 0 Å². The Morgan fingerprint density at radius 1 is 1.16 bits per heavy atom. The predicted octanol–water partition coefficient (Wildman–Crippen LogP) is 3.42. The lowest BCUT2D eigenvalue weighted by atomic mass is 10.1. The number of ether oxygens (including phenoxy) is 1. The Hall–Kier alpha value is -1.44. The van der Waals surface area contributed by atoms with Gasteiger partial charge >= 0.3 is 5.97 Å². The zero-order valence-electron chi connectivity index (χ0n) is 21.3. The Kier molecular flexibility index (Phi) is 14.8. The van der Waals surface area contributed by atoms with E-state index in [1.54, 1.807) is 0 Å². The van der Waals surface area contributed by atoms with Crippen LogP contribution in [0, 0.1) is 0 Å². The average molecular weight is 575 g/mol. The third kappa shape index (κ3) is 12.8. The van der Waals surface area contributed by atoms with Crippen molar-refractivity contribution in [1.29, 1.82) is 0 Å². The quantitative estimate of drug-likeness (QED) is 0.192. The topological polar surface area (TPSA) is 136 Å². The van der Waals surface area contributed by atoms with Gasteiger partial charge in [-0.3, -0.25) is 14.9 Å². The normalized spacial score (nSPS) is 20.8. The minimum atomic E-state index is -1.66. The first kappa shape index (κ1) is 31.8. The van der Waals surface area contributed by atoms with Gasteiger partial charge in [0.1, 0.15) is 12.4 Å². The maximum absolute atomic E-state index is 11.6. The molecule has 1 aromatic rings. The largest absolute Gasteiger partial charge is 0.492 e. The molecule has 0 saturated carbocycles. The molecule has 3 rings (SSSR count). The van der Waals surface area contributed by atoms with Crippen molar-refractivity contribution in [3.8, 4) is 5.75 Å². The molecule has 2 saturated heterocycles. The summed E-state index contributed by atoms with van der Waals surface area (Å²) in [5.74, 6) is 0.576. The molecular weight excluding hydrogens is 536 g/mol. The van der Waals surface area contributed by atoms with Crippen LogP contribution in [-0.4, -0.2) is 92.5 Å². The molecule has 9 nitrogen and oxygen atoms in total. The van der Waals surface area contributed by atoms with E-state index in [-0.39, 0.29) is 16.4 Å². The number of nitrogens with zero attached hydrogens (tertiary/aromatic N) is 1. The number of aliphatic hydroxyl groups excluding tert-OH is 2. The molecule has 4 N–H and O–H groups in total. The van der Waals surface area contributed by atoms with Gasteiger partial charge in [0.25, 0.3) is 5.24 Å². The number of carbonyl (C=O) groups is 3. The molecule has 4 unspecified atom stereocenters. The summed E-state index contributed by atoms with van der Waals surface area (Å²) in [6.45, 7) is 3.91. The summed E-state index contributed by atoms with van der Waals surface area (Å²) in [7, 11) is 6.27. The molecule has 0 spiro atoms. The summed E-state index contributed by atoms with van der Waals surface area (Å²) in [4.78, 5) is 35.0. The van der Waals surface area contributed by atoms with E-state index in [0.29, 0.717) is 13.0 Å². The Labute approximate surface area is 230 Å². The number of benzene rings is 1. The van der Waals surface area contributed by atoms with Gasteiger partial charge in [-0.15, -0.1) is 0 Å². The monoisotopic (exact) mass is 574 g/mol. The highest BCUT2D eigenvalue weighted by Crippen LogP contribution is 2.39. The van der Waals surface area contributed by atoms with Crippen molar-refractivity contribution in [2.75, 3.05) is 32.5 Å². The molecule has 2 heterocycles. The first-order chi connectivity index (χ1) is 17.7. The molecule has 0 radical (unpaired) electrons. The van der Waals surface area contributed by atoms with Gasteiger partial charge < -0.3 is 25.0 Å². The van der Waals surface area contributed by atoms with Crippen LogP contribution in [0.1, 0.15) is 44.6 Å². The number of likely N-dealkylation sites (N-methyl/N-ethyl adjacent to an activating group) is 1. The SMILES string of the molecule is CC(O)C(O)C(=O)O.CN(CCCCCC1CCSS1)CCOc1ccc(CC2SC(=O)NC2=O)cc1. The van der Waals surface area contributed by atoms with Crippen LogP contribution < -0.4 is 10.1 Å². The second-order valence-corrected chi connectivity index (χ2v) is 13.0. The Morgan fingerprint density at radius 3 is 2.43 bits per heavy atom. The summed E-state index contributed by atoms with van der Waals surface area (Å²) >= 11 is 1.07. The van der Waals surface area contributed by atoms with Gasteiger partial charge in [-0.1, -0.05) is 58.3 Å². The van der Waals surface area contributed by atoms with E-state index in [9.17, 15) is 14.4 Å². The van der Waals surface area contributed by atoms with Gasteiger partial charge in [-0.05, 0) is 63.9 Å². The Bertz CT molecular complexity index is 851. The fraction of sp³-hybridized carbons (Fsp3) is 0.640.